The molecule has 13 heavy (non-hydrogen) atoms. The Morgan fingerprint density at radius 2 is 2.31 bits per heavy atom. The van der Waals surface area contributed by atoms with Crippen molar-refractivity contribution >= 4 is 17.1 Å². The predicted molar refractivity (Wildman–Crippen MR) is 54.6 cm³/mol. The molecule has 0 unspecified atom stereocenters. The number of Topliss-reactive ketones (excluding diaryl/α,β-unsaturated/α-hetero) is 1. The van der Waals surface area contributed by atoms with Crippen LogP contribution in [0.4, 0.5) is 0 Å². The number of thiophene rings is 1. The fourth-order valence-electron chi connectivity index (χ4n) is 1.18. The molecule has 0 bridgehead atoms. The van der Waals surface area contributed by atoms with Crippen molar-refractivity contribution in [2.24, 2.45) is 0 Å². The van der Waals surface area contributed by atoms with Gasteiger partial charge in [-0.3, -0.25) is 4.79 Å². The maximum atomic E-state index is 11.0. The minimum atomic E-state index is -0.0507. The van der Waals surface area contributed by atoms with E-state index in [2.05, 4.69) is 6.92 Å². The molecule has 0 spiro atoms. The summed E-state index contributed by atoms with van der Waals surface area (Å²) in [5.74, 6) is 0.149. The fraction of sp³-hybridized carbons (Fsp3) is 0.500. The number of aromatic hydroxyl groups is 1. The van der Waals surface area contributed by atoms with Crippen molar-refractivity contribution < 1.29 is 9.90 Å². The molecule has 3 heteroatoms. The Morgan fingerprint density at radius 1 is 1.62 bits per heavy atom. The first kappa shape index (κ1) is 10.3. The van der Waals surface area contributed by atoms with Gasteiger partial charge in [0.05, 0.1) is 0 Å². The second-order valence-electron chi connectivity index (χ2n) is 3.10. The average molecular weight is 198 g/mol. The molecule has 72 valence electrons. The molecule has 0 amide bonds. The first-order valence-electron chi connectivity index (χ1n) is 4.47. The molecule has 0 atom stereocenters. The summed E-state index contributed by atoms with van der Waals surface area (Å²) in [5, 5.41) is 11.5. The molecule has 1 rings (SSSR count). The van der Waals surface area contributed by atoms with E-state index in [4.69, 9.17) is 0 Å². The lowest BCUT2D eigenvalue weighted by atomic mass is 10.1. The SMILES string of the molecule is CCCCc1csc(C(C)=O)c1O. The van der Waals surface area contributed by atoms with Crippen LogP contribution in [0.25, 0.3) is 0 Å². The molecule has 1 N–H and O–H groups in total. The highest BCUT2D eigenvalue weighted by Gasteiger charge is 2.12. The van der Waals surface area contributed by atoms with E-state index in [1.54, 1.807) is 0 Å². The highest BCUT2D eigenvalue weighted by Crippen LogP contribution is 2.30. The van der Waals surface area contributed by atoms with E-state index in [0.29, 0.717) is 4.88 Å². The quantitative estimate of drug-likeness (QED) is 0.755. The smallest absolute Gasteiger partial charge is 0.173 e. The van der Waals surface area contributed by atoms with Crippen LogP contribution in [-0.4, -0.2) is 10.9 Å². The van der Waals surface area contributed by atoms with Crippen molar-refractivity contribution in [1.29, 1.82) is 0 Å². The third-order valence-corrected chi connectivity index (χ3v) is 3.08. The van der Waals surface area contributed by atoms with E-state index in [1.165, 1.54) is 18.3 Å². The summed E-state index contributed by atoms with van der Waals surface area (Å²) in [4.78, 5) is 11.5. The van der Waals surface area contributed by atoms with Crippen molar-refractivity contribution in [3.63, 3.8) is 0 Å². The summed E-state index contributed by atoms with van der Waals surface area (Å²) >= 11 is 1.34. The van der Waals surface area contributed by atoms with Crippen LogP contribution in [0.15, 0.2) is 5.38 Å². The lowest BCUT2D eigenvalue weighted by Gasteiger charge is -1.97. The van der Waals surface area contributed by atoms with Crippen molar-refractivity contribution in [3.8, 4) is 5.75 Å². The molecule has 0 fully saturated rings. The van der Waals surface area contributed by atoms with Gasteiger partial charge in [-0.2, -0.15) is 0 Å². The molecule has 0 saturated heterocycles. The number of aryl methyl sites for hydroxylation is 1. The maximum absolute atomic E-state index is 11.0. The molecule has 0 aromatic carbocycles. The lowest BCUT2D eigenvalue weighted by Crippen LogP contribution is -1.88. The van der Waals surface area contributed by atoms with Gasteiger partial charge in [0.15, 0.2) is 5.78 Å². The van der Waals surface area contributed by atoms with Crippen LogP contribution in [0.1, 0.15) is 41.9 Å². The lowest BCUT2D eigenvalue weighted by molar-refractivity contribution is 0.101. The van der Waals surface area contributed by atoms with Crippen LogP contribution in [0.5, 0.6) is 5.75 Å². The second-order valence-corrected chi connectivity index (χ2v) is 3.98. The molecule has 0 aliphatic rings. The minimum absolute atomic E-state index is 0.0507. The van der Waals surface area contributed by atoms with Crippen molar-refractivity contribution in [1.82, 2.24) is 0 Å². The molecule has 0 radical (unpaired) electrons. The topological polar surface area (TPSA) is 37.3 Å². The number of hydrogen-bond donors (Lipinski definition) is 1. The molecular weight excluding hydrogens is 184 g/mol. The molecule has 1 heterocycles. The van der Waals surface area contributed by atoms with E-state index in [1.807, 2.05) is 5.38 Å². The Labute approximate surface area is 82.2 Å². The second kappa shape index (κ2) is 4.42. The van der Waals surface area contributed by atoms with Gasteiger partial charge in [0.2, 0.25) is 0 Å². The number of hydrogen-bond acceptors (Lipinski definition) is 3. The average Bonchev–Trinajstić information content (AvgIpc) is 2.43. The number of ketones is 1. The van der Waals surface area contributed by atoms with Gasteiger partial charge in [0.25, 0.3) is 0 Å². The predicted octanol–water partition coefficient (Wildman–Crippen LogP) is 3.00. The van der Waals surface area contributed by atoms with Crippen LogP contribution in [-0.2, 0) is 6.42 Å². The normalized spacial score (nSPS) is 10.3. The Hall–Kier alpha value is -0.830. The van der Waals surface area contributed by atoms with Gasteiger partial charge >= 0.3 is 0 Å². The standard InChI is InChI=1S/C10H14O2S/c1-3-4-5-8-6-13-10(7(2)11)9(8)12/h6,12H,3-5H2,1-2H3. The van der Waals surface area contributed by atoms with Gasteiger partial charge in [-0.25, -0.2) is 0 Å². The summed E-state index contributed by atoms with van der Waals surface area (Å²) in [7, 11) is 0. The van der Waals surface area contributed by atoms with Crippen LogP contribution >= 0.6 is 11.3 Å². The monoisotopic (exact) mass is 198 g/mol. The highest BCUT2D eigenvalue weighted by atomic mass is 32.1. The largest absolute Gasteiger partial charge is 0.506 e. The Kier molecular flexibility index (Phi) is 3.48. The van der Waals surface area contributed by atoms with Gasteiger partial charge in [-0.1, -0.05) is 13.3 Å². The van der Waals surface area contributed by atoms with Crippen LogP contribution < -0.4 is 0 Å². The molecule has 0 saturated carbocycles. The third-order valence-electron chi connectivity index (χ3n) is 1.96. The Balaban J connectivity index is 2.80. The highest BCUT2D eigenvalue weighted by molar-refractivity contribution is 7.12. The van der Waals surface area contributed by atoms with Crippen molar-refractivity contribution in [2.45, 2.75) is 33.1 Å². The Morgan fingerprint density at radius 3 is 2.77 bits per heavy atom. The van der Waals surface area contributed by atoms with Crippen molar-refractivity contribution in [3.05, 3.63) is 15.8 Å². The minimum Gasteiger partial charge on any atom is -0.506 e. The van der Waals surface area contributed by atoms with Gasteiger partial charge in [-0.05, 0) is 18.2 Å². The zero-order valence-electron chi connectivity index (χ0n) is 7.96. The number of rotatable bonds is 4. The summed E-state index contributed by atoms with van der Waals surface area (Å²) in [6.07, 6.45) is 3.03. The molecular formula is C10H14O2S. The van der Waals surface area contributed by atoms with Crippen LogP contribution in [0.3, 0.4) is 0 Å². The molecule has 0 aliphatic carbocycles. The Bertz CT molecular complexity index is 302. The van der Waals surface area contributed by atoms with Gasteiger partial charge in [0, 0.05) is 12.5 Å². The van der Waals surface area contributed by atoms with Crippen molar-refractivity contribution in [2.75, 3.05) is 0 Å². The molecule has 1 aromatic rings. The van der Waals surface area contributed by atoms with Gasteiger partial charge in [-0.15, -0.1) is 11.3 Å². The fourth-order valence-corrected chi connectivity index (χ4v) is 2.08. The van der Waals surface area contributed by atoms with E-state index in [9.17, 15) is 9.90 Å². The molecule has 1 aromatic heterocycles. The summed E-state index contributed by atoms with van der Waals surface area (Å²) < 4.78 is 0. The number of carbonyl (C=O) groups is 1. The zero-order chi connectivity index (χ0) is 9.84. The van der Waals surface area contributed by atoms with Crippen LogP contribution in [0.2, 0.25) is 0 Å². The number of carbonyl (C=O) groups excluding carboxylic acids is 1. The zero-order valence-corrected chi connectivity index (χ0v) is 8.78. The first-order valence-corrected chi connectivity index (χ1v) is 5.35. The van der Waals surface area contributed by atoms with E-state index in [-0.39, 0.29) is 11.5 Å². The third kappa shape index (κ3) is 2.31. The summed E-state index contributed by atoms with van der Waals surface area (Å²) in [5.41, 5.74) is 0.914. The first-order chi connectivity index (χ1) is 6.16. The van der Waals surface area contributed by atoms with E-state index >= 15 is 0 Å². The summed E-state index contributed by atoms with van der Waals surface area (Å²) in [6.45, 7) is 3.59. The van der Waals surface area contributed by atoms with E-state index < -0.39 is 0 Å². The van der Waals surface area contributed by atoms with Gasteiger partial charge < -0.3 is 5.11 Å². The molecule has 2 nitrogen and oxygen atoms in total. The maximum Gasteiger partial charge on any atom is 0.173 e. The summed E-state index contributed by atoms with van der Waals surface area (Å²) in [6, 6.07) is 0. The molecule has 0 aliphatic heterocycles. The van der Waals surface area contributed by atoms with Gasteiger partial charge in [0.1, 0.15) is 10.6 Å². The van der Waals surface area contributed by atoms with Crippen LogP contribution in [0, 0.1) is 0 Å². The van der Waals surface area contributed by atoms with E-state index in [0.717, 1.165) is 24.8 Å². The number of unbranched alkanes of at least 4 members (excludes halogenated alkanes) is 1.